The van der Waals surface area contributed by atoms with Crippen LogP contribution in [0.5, 0.6) is 0 Å². The van der Waals surface area contributed by atoms with E-state index < -0.39 is 17.7 Å². The van der Waals surface area contributed by atoms with Crippen molar-refractivity contribution >= 4 is 11.8 Å². The van der Waals surface area contributed by atoms with Crippen molar-refractivity contribution in [2.24, 2.45) is 0 Å². The lowest BCUT2D eigenvalue weighted by Gasteiger charge is -2.31. The standard InChI is InChI=1S/C16H20F2N2O2/c1-11(13-9-12(17)6-7-14(13)18)19(2)16(22)10-20-8-4-3-5-15(20)21/h6-7,9,11H,3-5,8,10H2,1-2H3. The third kappa shape index (κ3) is 3.61. The van der Waals surface area contributed by atoms with E-state index in [1.54, 1.807) is 6.92 Å². The number of likely N-dealkylation sites (tertiary alicyclic amines) is 1. The first-order valence-corrected chi connectivity index (χ1v) is 7.38. The molecule has 0 radical (unpaired) electrons. The molecule has 1 aliphatic rings. The Balaban J connectivity index is 2.06. The van der Waals surface area contributed by atoms with E-state index in [-0.39, 0.29) is 23.9 Å². The molecule has 4 nitrogen and oxygen atoms in total. The second-order valence-corrected chi connectivity index (χ2v) is 5.62. The molecule has 1 atom stereocenters. The van der Waals surface area contributed by atoms with Crippen molar-refractivity contribution in [3.05, 3.63) is 35.4 Å². The third-order valence-corrected chi connectivity index (χ3v) is 4.13. The summed E-state index contributed by atoms with van der Waals surface area (Å²) in [5, 5.41) is 0. The summed E-state index contributed by atoms with van der Waals surface area (Å²) in [4.78, 5) is 26.9. The van der Waals surface area contributed by atoms with Crippen LogP contribution in [0.15, 0.2) is 18.2 Å². The molecular formula is C16H20F2N2O2. The summed E-state index contributed by atoms with van der Waals surface area (Å²) in [7, 11) is 1.53. The number of piperidine rings is 1. The molecule has 1 aromatic rings. The maximum absolute atomic E-state index is 13.8. The number of amides is 2. The van der Waals surface area contributed by atoms with E-state index in [1.807, 2.05) is 0 Å². The Hall–Kier alpha value is -1.98. The van der Waals surface area contributed by atoms with Crippen LogP contribution in [0.1, 0.15) is 37.8 Å². The maximum atomic E-state index is 13.8. The fraction of sp³-hybridized carbons (Fsp3) is 0.500. The average molecular weight is 310 g/mol. The molecule has 0 saturated carbocycles. The molecule has 0 bridgehead atoms. The van der Waals surface area contributed by atoms with Crippen LogP contribution in [0.4, 0.5) is 8.78 Å². The lowest BCUT2D eigenvalue weighted by Crippen LogP contribution is -2.44. The van der Waals surface area contributed by atoms with Gasteiger partial charge < -0.3 is 9.80 Å². The van der Waals surface area contributed by atoms with Gasteiger partial charge in [-0.15, -0.1) is 0 Å². The number of rotatable bonds is 4. The highest BCUT2D eigenvalue weighted by molar-refractivity contribution is 5.85. The van der Waals surface area contributed by atoms with Crippen LogP contribution >= 0.6 is 0 Å². The SMILES string of the molecule is CC(c1cc(F)ccc1F)N(C)C(=O)CN1CCCCC1=O. The van der Waals surface area contributed by atoms with Gasteiger partial charge in [0.2, 0.25) is 11.8 Å². The second-order valence-electron chi connectivity index (χ2n) is 5.62. The van der Waals surface area contributed by atoms with Gasteiger partial charge in [-0.25, -0.2) is 8.78 Å². The number of hydrogen-bond donors (Lipinski definition) is 0. The molecule has 2 rings (SSSR count). The van der Waals surface area contributed by atoms with Gasteiger partial charge >= 0.3 is 0 Å². The van der Waals surface area contributed by atoms with Crippen LogP contribution in [0, 0.1) is 11.6 Å². The van der Waals surface area contributed by atoms with Gasteiger partial charge in [-0.3, -0.25) is 9.59 Å². The van der Waals surface area contributed by atoms with Crippen LogP contribution in [0.25, 0.3) is 0 Å². The van der Waals surface area contributed by atoms with Crippen LogP contribution < -0.4 is 0 Å². The molecular weight excluding hydrogens is 290 g/mol. The van der Waals surface area contributed by atoms with Gasteiger partial charge in [0.25, 0.3) is 0 Å². The minimum absolute atomic E-state index is 0.0173. The van der Waals surface area contributed by atoms with Gasteiger partial charge in [-0.2, -0.15) is 0 Å². The van der Waals surface area contributed by atoms with Crippen molar-refractivity contribution in [2.75, 3.05) is 20.1 Å². The number of carbonyl (C=O) groups excluding carboxylic acids is 2. The molecule has 1 unspecified atom stereocenters. The minimum atomic E-state index is -0.608. The lowest BCUT2D eigenvalue weighted by atomic mass is 10.1. The molecule has 0 N–H and O–H groups in total. The number of nitrogens with zero attached hydrogens (tertiary/aromatic N) is 2. The molecule has 6 heteroatoms. The molecule has 1 fully saturated rings. The monoisotopic (exact) mass is 310 g/mol. The Morgan fingerprint density at radius 3 is 2.77 bits per heavy atom. The Bertz CT molecular complexity index is 577. The highest BCUT2D eigenvalue weighted by Gasteiger charge is 2.25. The molecule has 22 heavy (non-hydrogen) atoms. The smallest absolute Gasteiger partial charge is 0.242 e. The van der Waals surface area contributed by atoms with E-state index in [4.69, 9.17) is 0 Å². The summed E-state index contributed by atoms with van der Waals surface area (Å²) in [6.45, 7) is 2.19. The number of benzene rings is 1. The zero-order chi connectivity index (χ0) is 16.3. The Morgan fingerprint density at radius 1 is 1.36 bits per heavy atom. The molecule has 0 spiro atoms. The zero-order valence-corrected chi connectivity index (χ0v) is 12.8. The van der Waals surface area contributed by atoms with E-state index in [0.717, 1.165) is 31.0 Å². The normalized spacial score (nSPS) is 16.5. The fourth-order valence-electron chi connectivity index (χ4n) is 2.56. The van der Waals surface area contributed by atoms with Crippen LogP contribution in [-0.2, 0) is 9.59 Å². The number of likely N-dealkylation sites (N-methyl/N-ethyl adjacent to an activating group) is 1. The first-order valence-electron chi connectivity index (χ1n) is 7.38. The van der Waals surface area contributed by atoms with Crippen molar-refractivity contribution in [1.82, 2.24) is 9.80 Å². The molecule has 1 heterocycles. The summed E-state index contributed by atoms with van der Waals surface area (Å²) in [5.74, 6) is -1.41. The van der Waals surface area contributed by atoms with Gasteiger partial charge in [0, 0.05) is 25.6 Å². The van der Waals surface area contributed by atoms with Crippen molar-refractivity contribution in [3.8, 4) is 0 Å². The second kappa shape index (κ2) is 6.85. The van der Waals surface area contributed by atoms with E-state index in [1.165, 1.54) is 16.8 Å². The van der Waals surface area contributed by atoms with Gasteiger partial charge in [0.05, 0.1) is 12.6 Å². The molecule has 1 aromatic carbocycles. The third-order valence-electron chi connectivity index (χ3n) is 4.13. The Labute approximate surface area is 128 Å². The first kappa shape index (κ1) is 16.4. The number of carbonyl (C=O) groups is 2. The van der Waals surface area contributed by atoms with Crippen molar-refractivity contribution in [1.29, 1.82) is 0 Å². The molecule has 2 amide bonds. The van der Waals surface area contributed by atoms with Crippen molar-refractivity contribution in [3.63, 3.8) is 0 Å². The van der Waals surface area contributed by atoms with Crippen LogP contribution in [0.2, 0.25) is 0 Å². The maximum Gasteiger partial charge on any atom is 0.242 e. The number of hydrogen-bond acceptors (Lipinski definition) is 2. The van der Waals surface area contributed by atoms with Gasteiger partial charge in [0.1, 0.15) is 11.6 Å². The van der Waals surface area contributed by atoms with Crippen LogP contribution in [0.3, 0.4) is 0 Å². The summed E-state index contributed by atoms with van der Waals surface area (Å²) in [5.41, 5.74) is 0.126. The molecule has 120 valence electrons. The van der Waals surface area contributed by atoms with Gasteiger partial charge in [-0.1, -0.05) is 0 Å². The predicted octanol–water partition coefficient (Wildman–Crippen LogP) is 2.50. The average Bonchev–Trinajstić information content (AvgIpc) is 2.50. The highest BCUT2D eigenvalue weighted by atomic mass is 19.1. The summed E-state index contributed by atoms with van der Waals surface area (Å²) in [6, 6.07) is 2.58. The predicted molar refractivity (Wildman–Crippen MR) is 78.0 cm³/mol. The fourth-order valence-corrected chi connectivity index (χ4v) is 2.56. The first-order chi connectivity index (χ1) is 10.4. The molecule has 1 saturated heterocycles. The molecule has 0 aliphatic carbocycles. The van der Waals surface area contributed by atoms with E-state index in [0.29, 0.717) is 13.0 Å². The summed E-state index contributed by atoms with van der Waals surface area (Å²) in [6.07, 6.45) is 2.20. The van der Waals surface area contributed by atoms with Gasteiger partial charge in [0.15, 0.2) is 0 Å². The van der Waals surface area contributed by atoms with Crippen molar-refractivity contribution in [2.45, 2.75) is 32.2 Å². The quantitative estimate of drug-likeness (QED) is 0.857. The van der Waals surface area contributed by atoms with Crippen molar-refractivity contribution < 1.29 is 18.4 Å². The Kier molecular flexibility index (Phi) is 5.11. The minimum Gasteiger partial charge on any atom is -0.337 e. The van der Waals surface area contributed by atoms with Crippen LogP contribution in [-0.4, -0.2) is 41.8 Å². The molecule has 1 aliphatic heterocycles. The molecule has 0 aromatic heterocycles. The van der Waals surface area contributed by atoms with E-state index in [2.05, 4.69) is 0 Å². The van der Waals surface area contributed by atoms with Gasteiger partial charge in [-0.05, 0) is 38.0 Å². The highest BCUT2D eigenvalue weighted by Crippen LogP contribution is 2.23. The van der Waals surface area contributed by atoms with E-state index in [9.17, 15) is 18.4 Å². The summed E-state index contributed by atoms with van der Waals surface area (Å²) < 4.78 is 27.1. The zero-order valence-electron chi connectivity index (χ0n) is 12.8. The van der Waals surface area contributed by atoms with E-state index >= 15 is 0 Å². The topological polar surface area (TPSA) is 40.6 Å². The lowest BCUT2D eigenvalue weighted by molar-refractivity contribution is -0.142. The largest absolute Gasteiger partial charge is 0.337 e. The summed E-state index contributed by atoms with van der Waals surface area (Å²) >= 11 is 0. The number of halogens is 2. The Morgan fingerprint density at radius 2 is 2.09 bits per heavy atom.